The summed E-state index contributed by atoms with van der Waals surface area (Å²) in [7, 11) is -3.40. The summed E-state index contributed by atoms with van der Waals surface area (Å²) in [5.41, 5.74) is 2.04. The summed E-state index contributed by atoms with van der Waals surface area (Å²) in [5.74, 6) is -0.0688. The van der Waals surface area contributed by atoms with Crippen molar-refractivity contribution in [1.29, 1.82) is 0 Å². The molecule has 0 fully saturated rings. The Labute approximate surface area is 165 Å². The fourth-order valence-corrected chi connectivity index (χ4v) is 3.20. The molecule has 0 saturated carbocycles. The highest BCUT2D eigenvalue weighted by atomic mass is 32.2. The second-order valence-electron chi connectivity index (χ2n) is 7.70. The molecule has 0 bridgehead atoms. The molecule has 1 amide bonds. The van der Waals surface area contributed by atoms with E-state index in [0.717, 1.165) is 17.4 Å². The number of ether oxygens (including phenoxy) is 1. The van der Waals surface area contributed by atoms with Crippen LogP contribution >= 0.6 is 0 Å². The van der Waals surface area contributed by atoms with Gasteiger partial charge in [0.05, 0.1) is 17.6 Å². The van der Waals surface area contributed by atoms with E-state index in [4.69, 9.17) is 4.74 Å². The Hall–Kier alpha value is -2.74. The van der Waals surface area contributed by atoms with Gasteiger partial charge in [-0.3, -0.25) is 9.52 Å². The molecule has 3 N–H and O–H groups in total. The second-order valence-corrected chi connectivity index (χ2v) is 9.45. The normalized spacial score (nSPS) is 11.8. The van der Waals surface area contributed by atoms with E-state index in [9.17, 15) is 18.3 Å². The van der Waals surface area contributed by atoms with Crippen molar-refractivity contribution in [2.45, 2.75) is 33.1 Å². The van der Waals surface area contributed by atoms with Gasteiger partial charge in [0.2, 0.25) is 10.0 Å². The standard InChI is InChI=1S/C20H26N2O5S/c1-13-9-16(20(2,3)4)19(24)17(10-13)21-18(23)12-27-15-8-6-7-14(11-15)22-28(5,25)26/h6-11,22,24H,12H2,1-5H3,(H,21,23). The number of hydrogen-bond donors (Lipinski definition) is 3. The Morgan fingerprint density at radius 1 is 1.18 bits per heavy atom. The van der Waals surface area contributed by atoms with Gasteiger partial charge in [-0.05, 0) is 36.1 Å². The Bertz CT molecular complexity index is 979. The number of phenolic OH excluding ortho intramolecular Hbond substituents is 1. The fourth-order valence-electron chi connectivity index (χ4n) is 2.64. The zero-order chi connectivity index (χ0) is 21.1. The Morgan fingerprint density at radius 2 is 1.86 bits per heavy atom. The summed E-state index contributed by atoms with van der Waals surface area (Å²) in [4.78, 5) is 12.3. The summed E-state index contributed by atoms with van der Waals surface area (Å²) in [6.07, 6.45) is 1.05. The highest BCUT2D eigenvalue weighted by molar-refractivity contribution is 7.92. The van der Waals surface area contributed by atoms with Crippen LogP contribution in [0.2, 0.25) is 0 Å². The van der Waals surface area contributed by atoms with Crippen molar-refractivity contribution in [2.75, 3.05) is 22.9 Å². The molecule has 7 nitrogen and oxygen atoms in total. The monoisotopic (exact) mass is 406 g/mol. The molecule has 152 valence electrons. The molecule has 2 aromatic carbocycles. The predicted molar refractivity (Wildman–Crippen MR) is 111 cm³/mol. The SMILES string of the molecule is Cc1cc(NC(=O)COc2cccc(NS(C)(=O)=O)c2)c(O)c(C(C)(C)C)c1. The molecule has 0 aliphatic carbocycles. The number of phenols is 1. The van der Waals surface area contributed by atoms with E-state index >= 15 is 0 Å². The first-order valence-corrected chi connectivity index (χ1v) is 10.6. The van der Waals surface area contributed by atoms with Gasteiger partial charge in [0.15, 0.2) is 6.61 Å². The number of hydrogen-bond acceptors (Lipinski definition) is 5. The van der Waals surface area contributed by atoms with Crippen LogP contribution in [-0.2, 0) is 20.2 Å². The van der Waals surface area contributed by atoms with E-state index in [-0.39, 0.29) is 17.8 Å². The minimum Gasteiger partial charge on any atom is -0.505 e. The molecule has 28 heavy (non-hydrogen) atoms. The summed E-state index contributed by atoms with van der Waals surface area (Å²) in [6, 6.07) is 9.87. The topological polar surface area (TPSA) is 105 Å². The second kappa shape index (κ2) is 8.10. The average molecular weight is 407 g/mol. The molecule has 0 aromatic heterocycles. The summed E-state index contributed by atoms with van der Waals surface area (Å²) < 4.78 is 30.4. The molecule has 2 rings (SSSR count). The number of sulfonamides is 1. The average Bonchev–Trinajstić information content (AvgIpc) is 2.54. The Kier molecular flexibility index (Phi) is 6.23. The van der Waals surface area contributed by atoms with Crippen LogP contribution in [-0.4, -0.2) is 32.3 Å². The lowest BCUT2D eigenvalue weighted by Gasteiger charge is -2.23. The maximum atomic E-state index is 12.3. The quantitative estimate of drug-likeness (QED) is 0.638. The van der Waals surface area contributed by atoms with Crippen LogP contribution in [0.15, 0.2) is 36.4 Å². The van der Waals surface area contributed by atoms with E-state index in [1.165, 1.54) is 6.07 Å². The van der Waals surface area contributed by atoms with Crippen LogP contribution in [0.4, 0.5) is 11.4 Å². The van der Waals surface area contributed by atoms with Crippen LogP contribution in [0.1, 0.15) is 31.9 Å². The number of rotatable bonds is 6. The van der Waals surface area contributed by atoms with Crippen LogP contribution in [0.3, 0.4) is 0 Å². The van der Waals surface area contributed by atoms with Crippen molar-refractivity contribution in [3.8, 4) is 11.5 Å². The van der Waals surface area contributed by atoms with Gasteiger partial charge in [0, 0.05) is 11.6 Å². The van der Waals surface area contributed by atoms with Gasteiger partial charge in [0.1, 0.15) is 11.5 Å². The molecule has 0 radical (unpaired) electrons. The predicted octanol–water partition coefficient (Wildman–Crippen LogP) is 3.39. The fraction of sp³-hybridized carbons (Fsp3) is 0.350. The lowest BCUT2D eigenvalue weighted by molar-refractivity contribution is -0.118. The van der Waals surface area contributed by atoms with Gasteiger partial charge in [0.25, 0.3) is 5.91 Å². The third-order valence-corrected chi connectivity index (χ3v) is 4.45. The number of benzene rings is 2. The third-order valence-electron chi connectivity index (χ3n) is 3.84. The smallest absolute Gasteiger partial charge is 0.262 e. The lowest BCUT2D eigenvalue weighted by Crippen LogP contribution is -2.21. The summed E-state index contributed by atoms with van der Waals surface area (Å²) >= 11 is 0. The first kappa shape index (κ1) is 21.6. The molecule has 0 unspecified atom stereocenters. The molecule has 0 spiro atoms. The van der Waals surface area contributed by atoms with Crippen molar-refractivity contribution < 1.29 is 23.1 Å². The molecular formula is C20H26N2O5S. The van der Waals surface area contributed by atoms with Gasteiger partial charge in [-0.15, -0.1) is 0 Å². The minimum atomic E-state index is -3.40. The number of aromatic hydroxyl groups is 1. The van der Waals surface area contributed by atoms with Gasteiger partial charge in [-0.1, -0.05) is 32.9 Å². The van der Waals surface area contributed by atoms with E-state index in [0.29, 0.717) is 17.1 Å². The van der Waals surface area contributed by atoms with Crippen molar-refractivity contribution in [2.24, 2.45) is 0 Å². The number of carbonyl (C=O) groups is 1. The van der Waals surface area contributed by atoms with Crippen molar-refractivity contribution in [3.05, 3.63) is 47.5 Å². The van der Waals surface area contributed by atoms with Crippen LogP contribution in [0, 0.1) is 6.92 Å². The van der Waals surface area contributed by atoms with Gasteiger partial charge < -0.3 is 15.2 Å². The number of anilines is 2. The van der Waals surface area contributed by atoms with E-state index in [1.807, 2.05) is 33.8 Å². The van der Waals surface area contributed by atoms with Crippen molar-refractivity contribution in [3.63, 3.8) is 0 Å². The third kappa shape index (κ3) is 6.16. The highest BCUT2D eigenvalue weighted by Crippen LogP contribution is 2.37. The maximum absolute atomic E-state index is 12.3. The maximum Gasteiger partial charge on any atom is 0.262 e. The number of carbonyl (C=O) groups excluding carboxylic acids is 1. The summed E-state index contributed by atoms with van der Waals surface area (Å²) in [5, 5.41) is 13.2. The van der Waals surface area contributed by atoms with Gasteiger partial charge in [-0.25, -0.2) is 8.42 Å². The number of nitrogens with one attached hydrogen (secondary N) is 2. The first-order chi connectivity index (χ1) is 12.8. The molecule has 0 heterocycles. The molecule has 0 saturated heterocycles. The Balaban J connectivity index is 2.08. The zero-order valence-corrected chi connectivity index (χ0v) is 17.5. The van der Waals surface area contributed by atoms with Crippen LogP contribution < -0.4 is 14.8 Å². The number of aryl methyl sites for hydroxylation is 1. The summed E-state index contributed by atoms with van der Waals surface area (Å²) in [6.45, 7) is 7.54. The van der Waals surface area contributed by atoms with Gasteiger partial charge >= 0.3 is 0 Å². The first-order valence-electron chi connectivity index (χ1n) is 8.70. The van der Waals surface area contributed by atoms with Crippen molar-refractivity contribution >= 4 is 27.3 Å². The minimum absolute atomic E-state index is 0.0331. The highest BCUT2D eigenvalue weighted by Gasteiger charge is 2.21. The largest absolute Gasteiger partial charge is 0.505 e. The van der Waals surface area contributed by atoms with E-state index in [1.54, 1.807) is 24.3 Å². The van der Waals surface area contributed by atoms with Crippen molar-refractivity contribution in [1.82, 2.24) is 0 Å². The van der Waals surface area contributed by atoms with Crippen LogP contribution in [0.25, 0.3) is 0 Å². The lowest BCUT2D eigenvalue weighted by atomic mass is 9.85. The molecule has 0 aliphatic heterocycles. The molecule has 0 atom stereocenters. The number of amides is 1. The molecule has 0 aliphatic rings. The molecular weight excluding hydrogens is 380 g/mol. The zero-order valence-electron chi connectivity index (χ0n) is 16.7. The molecule has 2 aromatic rings. The Morgan fingerprint density at radius 3 is 2.46 bits per heavy atom. The molecule has 8 heteroatoms. The van der Waals surface area contributed by atoms with E-state index in [2.05, 4.69) is 10.0 Å². The van der Waals surface area contributed by atoms with Crippen LogP contribution in [0.5, 0.6) is 11.5 Å². The van der Waals surface area contributed by atoms with E-state index < -0.39 is 15.9 Å². The van der Waals surface area contributed by atoms with Gasteiger partial charge in [-0.2, -0.15) is 0 Å².